The molecule has 3 heterocycles. The molecule has 0 spiro atoms. The van der Waals surface area contributed by atoms with Crippen LogP contribution in [0.5, 0.6) is 11.5 Å². The number of aromatic nitrogens is 1. The van der Waals surface area contributed by atoms with Gasteiger partial charge in [0.1, 0.15) is 29.6 Å². The molecule has 45 heavy (non-hydrogen) atoms. The van der Waals surface area contributed by atoms with Gasteiger partial charge in [0, 0.05) is 35.8 Å². The van der Waals surface area contributed by atoms with Gasteiger partial charge in [-0.05, 0) is 60.2 Å². The molecule has 6 rings (SSSR count). The second-order valence-corrected chi connectivity index (χ2v) is 12.1. The van der Waals surface area contributed by atoms with E-state index in [1.54, 1.807) is 42.6 Å². The van der Waals surface area contributed by atoms with E-state index in [1.807, 2.05) is 0 Å². The molecule has 0 radical (unpaired) electrons. The lowest BCUT2D eigenvalue weighted by molar-refractivity contribution is 0.0964. The largest absolute Gasteiger partial charge is 0.496 e. The van der Waals surface area contributed by atoms with Crippen molar-refractivity contribution >= 4 is 38.4 Å². The molecule has 0 bridgehead atoms. The summed E-state index contributed by atoms with van der Waals surface area (Å²) in [6.45, 7) is -1.41. The Labute approximate surface area is 257 Å². The average Bonchev–Trinajstić information content (AvgIpc) is 3.64. The first-order valence-electron chi connectivity index (χ1n) is 13.8. The van der Waals surface area contributed by atoms with E-state index in [0.717, 1.165) is 10.6 Å². The minimum atomic E-state index is -3.97. The van der Waals surface area contributed by atoms with E-state index in [9.17, 15) is 22.0 Å². The maximum Gasteiger partial charge on any atom is 0.255 e. The number of hydrogen-bond acceptors (Lipinski definition) is 8. The number of benzene rings is 3. The molecule has 13 heteroatoms. The van der Waals surface area contributed by atoms with Crippen LogP contribution in [0.15, 0.2) is 77.3 Å². The first-order chi connectivity index (χ1) is 21.6. The molecule has 0 fully saturated rings. The molecule has 1 aliphatic heterocycles. The molecule has 232 valence electrons. The van der Waals surface area contributed by atoms with Crippen molar-refractivity contribution in [2.75, 3.05) is 43.3 Å². The predicted molar refractivity (Wildman–Crippen MR) is 166 cm³/mol. The molecule has 10 nitrogen and oxygen atoms in total. The second kappa shape index (κ2) is 11.7. The van der Waals surface area contributed by atoms with Crippen molar-refractivity contribution in [1.82, 2.24) is 10.3 Å². The Balaban J connectivity index is 1.61. The third-order valence-electron chi connectivity index (χ3n) is 7.43. The number of fused-ring (bicyclic) bond motifs is 2. The maximum atomic E-state index is 13.8. The lowest BCUT2D eigenvalue weighted by Crippen LogP contribution is -2.32. The zero-order chi connectivity index (χ0) is 31.9. The van der Waals surface area contributed by atoms with Crippen molar-refractivity contribution in [1.29, 1.82) is 0 Å². The number of anilines is 2. The van der Waals surface area contributed by atoms with Crippen LogP contribution < -0.4 is 24.4 Å². The Kier molecular flexibility index (Phi) is 7.79. The maximum absolute atomic E-state index is 13.8. The van der Waals surface area contributed by atoms with E-state index in [2.05, 4.69) is 15.6 Å². The highest BCUT2D eigenvalue weighted by atomic mass is 32.2. The zero-order valence-corrected chi connectivity index (χ0v) is 25.2. The number of nitrogens with zero attached hydrogens (tertiary/aromatic N) is 2. The lowest BCUT2D eigenvalue weighted by Gasteiger charge is -2.25. The minimum absolute atomic E-state index is 0.131. The molecular weight excluding hydrogens is 606 g/mol. The number of alkyl halides is 1. The fraction of sp³-hybridized carbons (Fsp3) is 0.188. The van der Waals surface area contributed by atoms with E-state index >= 15 is 0 Å². The standard InChI is InChI=1S/C32H28F2N4O6S/c1-35-31(39)28-22-16-21(19-8-11-25(42-2)23(15-19)32-37-30-26(44-32)5-4-13-36-30)24(38(14-12-33)45(3,40)41)17-27(22)43-29(28)18-6-9-20(34)10-7-18/h4-11,13,15-17,32H,12,14H2,1-3H3,(H,35,39)(H,36,37). The van der Waals surface area contributed by atoms with Crippen molar-refractivity contribution in [3.8, 4) is 33.9 Å². The van der Waals surface area contributed by atoms with Crippen molar-refractivity contribution in [2.45, 2.75) is 6.23 Å². The van der Waals surface area contributed by atoms with Crippen molar-refractivity contribution in [2.24, 2.45) is 0 Å². The Hall–Kier alpha value is -5.17. The fourth-order valence-electron chi connectivity index (χ4n) is 5.39. The number of carbonyl (C=O) groups excluding carboxylic acids is 1. The molecule has 0 aliphatic carbocycles. The van der Waals surface area contributed by atoms with Gasteiger partial charge in [0.05, 0.1) is 36.7 Å². The summed E-state index contributed by atoms with van der Waals surface area (Å²) < 4.78 is 72.4. The molecule has 1 aliphatic rings. The lowest BCUT2D eigenvalue weighted by atomic mass is 9.96. The summed E-state index contributed by atoms with van der Waals surface area (Å²) in [4.78, 5) is 17.6. The van der Waals surface area contributed by atoms with E-state index < -0.39 is 41.2 Å². The van der Waals surface area contributed by atoms with Crippen LogP contribution in [-0.2, 0) is 10.0 Å². The van der Waals surface area contributed by atoms with Crippen LogP contribution in [0, 0.1) is 5.82 Å². The molecule has 1 unspecified atom stereocenters. The normalized spacial score (nSPS) is 14.0. The third kappa shape index (κ3) is 5.50. The summed E-state index contributed by atoms with van der Waals surface area (Å²) in [6.07, 6.45) is 1.93. The number of carbonyl (C=O) groups is 1. The highest BCUT2D eigenvalue weighted by Crippen LogP contribution is 2.44. The number of furan rings is 1. The molecule has 1 amide bonds. The van der Waals surface area contributed by atoms with Gasteiger partial charge in [-0.2, -0.15) is 0 Å². The van der Waals surface area contributed by atoms with Gasteiger partial charge in [-0.3, -0.25) is 9.10 Å². The number of hydrogen-bond donors (Lipinski definition) is 2. The van der Waals surface area contributed by atoms with Gasteiger partial charge in [-0.15, -0.1) is 0 Å². The number of amides is 1. The summed E-state index contributed by atoms with van der Waals surface area (Å²) in [7, 11) is -0.993. The number of ether oxygens (including phenoxy) is 2. The van der Waals surface area contributed by atoms with Gasteiger partial charge >= 0.3 is 0 Å². The second-order valence-electron chi connectivity index (χ2n) is 10.2. The Morgan fingerprint density at radius 3 is 2.53 bits per heavy atom. The topological polar surface area (TPSA) is 123 Å². The molecule has 2 aromatic heterocycles. The van der Waals surface area contributed by atoms with E-state index in [4.69, 9.17) is 13.9 Å². The van der Waals surface area contributed by atoms with Crippen LogP contribution in [0.4, 0.5) is 20.3 Å². The quantitative estimate of drug-likeness (QED) is 0.205. The van der Waals surface area contributed by atoms with Crippen LogP contribution in [0.1, 0.15) is 22.1 Å². The summed E-state index contributed by atoms with van der Waals surface area (Å²) in [5.41, 5.74) is 2.39. The Morgan fingerprint density at radius 2 is 1.87 bits per heavy atom. The van der Waals surface area contributed by atoms with Gasteiger partial charge in [-0.1, -0.05) is 6.07 Å². The highest BCUT2D eigenvalue weighted by molar-refractivity contribution is 7.92. The number of sulfonamides is 1. The first kappa shape index (κ1) is 29.9. The predicted octanol–water partition coefficient (Wildman–Crippen LogP) is 5.91. The number of pyridine rings is 1. The third-order valence-corrected chi connectivity index (χ3v) is 8.61. The van der Waals surface area contributed by atoms with E-state index in [0.29, 0.717) is 45.0 Å². The van der Waals surface area contributed by atoms with Crippen LogP contribution in [0.25, 0.3) is 33.4 Å². The van der Waals surface area contributed by atoms with Gasteiger partial charge < -0.3 is 24.5 Å². The smallest absolute Gasteiger partial charge is 0.255 e. The average molecular weight is 635 g/mol. The summed E-state index contributed by atoms with van der Waals surface area (Å²) in [6, 6.07) is 17.3. The van der Waals surface area contributed by atoms with Crippen LogP contribution in [0.3, 0.4) is 0 Å². The summed E-state index contributed by atoms with van der Waals surface area (Å²) in [5, 5.41) is 6.19. The van der Waals surface area contributed by atoms with Crippen molar-refractivity contribution < 1.29 is 35.9 Å². The molecule has 0 saturated carbocycles. The molecule has 2 N–H and O–H groups in total. The first-order valence-corrected chi connectivity index (χ1v) is 15.7. The SMILES string of the molecule is CNC(=O)c1c(-c2ccc(F)cc2)oc2cc(N(CCF)S(C)(=O)=O)c(-c3ccc(OC)c(C4Nc5ncccc5O4)c3)cc12. The fourth-order valence-corrected chi connectivity index (χ4v) is 6.30. The molecular formula is C32H28F2N4O6S. The zero-order valence-electron chi connectivity index (χ0n) is 24.4. The molecule has 3 aromatic carbocycles. The molecule has 5 aromatic rings. The minimum Gasteiger partial charge on any atom is -0.496 e. The number of halogens is 2. The van der Waals surface area contributed by atoms with Crippen LogP contribution in [0.2, 0.25) is 0 Å². The summed E-state index contributed by atoms with van der Waals surface area (Å²) in [5.74, 6) is 0.803. The number of methoxy groups -OCH3 is 1. The van der Waals surface area contributed by atoms with Crippen molar-refractivity contribution in [3.63, 3.8) is 0 Å². The molecule has 1 atom stereocenters. The number of nitrogens with one attached hydrogen (secondary N) is 2. The molecule has 0 saturated heterocycles. The van der Waals surface area contributed by atoms with Crippen LogP contribution >= 0.6 is 0 Å². The van der Waals surface area contributed by atoms with Crippen molar-refractivity contribution in [3.05, 3.63) is 89.9 Å². The Bertz CT molecular complexity index is 2010. The van der Waals surface area contributed by atoms with Gasteiger partial charge in [-0.25, -0.2) is 22.2 Å². The van der Waals surface area contributed by atoms with Gasteiger partial charge in [0.25, 0.3) is 5.91 Å². The van der Waals surface area contributed by atoms with Gasteiger partial charge in [0.15, 0.2) is 11.6 Å². The number of rotatable bonds is 9. The van der Waals surface area contributed by atoms with E-state index in [1.165, 1.54) is 44.5 Å². The van der Waals surface area contributed by atoms with Crippen LogP contribution in [-0.4, -0.2) is 52.9 Å². The monoisotopic (exact) mass is 634 g/mol. The summed E-state index contributed by atoms with van der Waals surface area (Å²) >= 11 is 0. The van der Waals surface area contributed by atoms with Gasteiger partial charge in [0.2, 0.25) is 16.3 Å². The highest BCUT2D eigenvalue weighted by Gasteiger charge is 2.30. The van der Waals surface area contributed by atoms with E-state index in [-0.39, 0.29) is 22.6 Å². The Morgan fingerprint density at radius 1 is 1.11 bits per heavy atom.